The number of carbonyl (C=O) groups is 5. The minimum absolute atomic E-state index is 0.00215. The van der Waals surface area contributed by atoms with Gasteiger partial charge in [-0.15, -0.1) is 11.8 Å². The number of benzene rings is 2. The number of nitrogens with one attached hydrogen (secondary N) is 2. The molecule has 3 rings (SSSR count). The Bertz CT molecular complexity index is 1320. The molecule has 0 heterocycles. The summed E-state index contributed by atoms with van der Waals surface area (Å²) in [7, 11) is 0. The summed E-state index contributed by atoms with van der Waals surface area (Å²) in [6, 6.07) is 12.6. The van der Waals surface area contributed by atoms with E-state index >= 15 is 0 Å². The average molecular weight is 646 g/mol. The van der Waals surface area contributed by atoms with Crippen molar-refractivity contribution >= 4 is 52.7 Å². The fraction of sp³-hybridized carbons (Fsp3) is 0.469. The van der Waals surface area contributed by atoms with Gasteiger partial charge in [0.15, 0.2) is 11.3 Å². The van der Waals surface area contributed by atoms with Gasteiger partial charge in [-0.25, -0.2) is 0 Å². The predicted molar refractivity (Wildman–Crippen MR) is 168 cm³/mol. The molecule has 44 heavy (non-hydrogen) atoms. The van der Waals surface area contributed by atoms with Crippen LogP contribution in [0.25, 0.3) is 0 Å². The highest BCUT2D eigenvalue weighted by atomic mass is 35.5. The first-order chi connectivity index (χ1) is 21.1. The number of rotatable bonds is 16. The number of amides is 2. The van der Waals surface area contributed by atoms with E-state index in [0.29, 0.717) is 0 Å². The zero-order valence-corrected chi connectivity index (χ0v) is 26.6. The van der Waals surface area contributed by atoms with E-state index < -0.39 is 47.5 Å². The normalized spacial score (nSPS) is 15.5. The molecule has 0 saturated heterocycles. The molecule has 1 aliphatic rings. The van der Waals surface area contributed by atoms with Gasteiger partial charge in [0.2, 0.25) is 11.7 Å². The Kier molecular flexibility index (Phi) is 13.8. The first kappa shape index (κ1) is 35.2. The zero-order valence-electron chi connectivity index (χ0n) is 25.1. The Labute approximate surface area is 267 Å². The van der Waals surface area contributed by atoms with E-state index in [0.717, 1.165) is 42.6 Å². The zero-order chi connectivity index (χ0) is 32.1. The van der Waals surface area contributed by atoms with E-state index in [1.807, 2.05) is 36.6 Å². The van der Waals surface area contributed by atoms with Crippen LogP contribution in [-0.2, 0) is 35.3 Å². The van der Waals surface area contributed by atoms with Gasteiger partial charge in [0, 0.05) is 10.5 Å². The molecule has 0 radical (unpaired) electrons. The van der Waals surface area contributed by atoms with Crippen LogP contribution in [0.1, 0.15) is 61.4 Å². The topological polar surface area (TPSA) is 154 Å². The third-order valence-corrected chi connectivity index (χ3v) is 8.56. The van der Waals surface area contributed by atoms with Gasteiger partial charge in [0.25, 0.3) is 5.91 Å². The number of halogens is 1. The van der Waals surface area contributed by atoms with Crippen LogP contribution in [0, 0.1) is 5.92 Å². The number of hydrogen-bond acceptors (Lipinski definition) is 9. The maximum atomic E-state index is 14.1. The van der Waals surface area contributed by atoms with E-state index in [4.69, 9.17) is 26.8 Å². The number of nitrogens with two attached hydrogens (primary N) is 1. The second kappa shape index (κ2) is 17.3. The van der Waals surface area contributed by atoms with Crippen LogP contribution in [0.3, 0.4) is 0 Å². The summed E-state index contributed by atoms with van der Waals surface area (Å²) in [5.74, 6) is -4.50. The summed E-state index contributed by atoms with van der Waals surface area (Å²) < 4.78 is 10.5. The fourth-order valence-corrected chi connectivity index (χ4v) is 5.77. The minimum Gasteiger partial charge on any atom is -0.465 e. The van der Waals surface area contributed by atoms with Gasteiger partial charge in [0.05, 0.1) is 24.8 Å². The molecular formula is C32H40ClN3O7S. The molecular weight excluding hydrogens is 606 g/mol. The summed E-state index contributed by atoms with van der Waals surface area (Å²) in [5.41, 5.74) is 5.57. The number of ether oxygens (including phenoxy) is 2. The molecule has 10 nitrogen and oxygen atoms in total. The molecule has 1 aliphatic carbocycles. The molecule has 4 N–H and O–H groups in total. The van der Waals surface area contributed by atoms with Gasteiger partial charge in [-0.3, -0.25) is 24.0 Å². The molecule has 1 fully saturated rings. The van der Waals surface area contributed by atoms with Crippen molar-refractivity contribution in [3.8, 4) is 0 Å². The average Bonchev–Trinajstić information content (AvgIpc) is 3.03. The molecule has 12 heteroatoms. The molecule has 2 unspecified atom stereocenters. The lowest BCUT2D eigenvalue weighted by molar-refractivity contribution is -0.146. The summed E-state index contributed by atoms with van der Waals surface area (Å²) in [5, 5.41) is 4.90. The SMILES string of the molecule is CCOC(=O)CNC(=O)C(=O)C(COCc1ccccc1)NC(=O)C(N)(CC1CCCCC1)C(=O)c1cc(SC)ccc1Cl. The molecule has 2 amide bonds. The molecule has 2 aromatic carbocycles. The van der Waals surface area contributed by atoms with Crippen molar-refractivity contribution in [3.05, 3.63) is 64.7 Å². The van der Waals surface area contributed by atoms with Gasteiger partial charge >= 0.3 is 5.97 Å². The van der Waals surface area contributed by atoms with Crippen LogP contribution in [0.15, 0.2) is 53.4 Å². The van der Waals surface area contributed by atoms with Gasteiger partial charge in [-0.1, -0.05) is 74.0 Å². The van der Waals surface area contributed by atoms with Crippen LogP contribution in [0.5, 0.6) is 0 Å². The molecule has 2 aromatic rings. The Morgan fingerprint density at radius 2 is 1.77 bits per heavy atom. The molecule has 2 atom stereocenters. The maximum Gasteiger partial charge on any atom is 0.325 e. The monoisotopic (exact) mass is 645 g/mol. The number of Topliss-reactive ketones (excluding diaryl/α,β-unsaturated/α-hetero) is 2. The Balaban J connectivity index is 1.89. The van der Waals surface area contributed by atoms with E-state index in [1.54, 1.807) is 25.1 Å². The van der Waals surface area contributed by atoms with E-state index in [-0.39, 0.29) is 42.7 Å². The lowest BCUT2D eigenvalue weighted by Gasteiger charge is -2.34. The second-order valence-electron chi connectivity index (χ2n) is 10.7. The van der Waals surface area contributed by atoms with Crippen LogP contribution >= 0.6 is 23.4 Å². The summed E-state index contributed by atoms with van der Waals surface area (Å²) in [6.45, 7) is 0.888. The largest absolute Gasteiger partial charge is 0.465 e. The highest BCUT2D eigenvalue weighted by Crippen LogP contribution is 2.33. The second-order valence-corrected chi connectivity index (χ2v) is 12.0. The standard InChI is InChI=1S/C32H40ClN3O7S/c1-3-43-27(37)18-35-30(40)28(38)26(20-42-19-22-12-8-5-9-13-22)36-31(41)32(34,17-21-10-6-4-7-11-21)29(39)24-16-23(44-2)14-15-25(24)33/h5,8-9,12-16,21,26H,3-4,6-7,10-11,17-20,34H2,1-2H3,(H,35,40)(H,36,41). The minimum atomic E-state index is -2.08. The molecule has 0 aliphatic heterocycles. The first-order valence-electron chi connectivity index (χ1n) is 14.7. The number of thioether (sulfide) groups is 1. The van der Waals surface area contributed by atoms with Crippen LogP contribution in [-0.4, -0.2) is 66.9 Å². The van der Waals surface area contributed by atoms with Crippen molar-refractivity contribution in [2.45, 2.75) is 68.5 Å². The maximum absolute atomic E-state index is 14.1. The number of hydrogen-bond donors (Lipinski definition) is 3. The Morgan fingerprint density at radius 1 is 1.07 bits per heavy atom. The van der Waals surface area contributed by atoms with Crippen molar-refractivity contribution in [2.24, 2.45) is 11.7 Å². The number of ketones is 2. The molecule has 0 bridgehead atoms. The molecule has 0 aromatic heterocycles. The third-order valence-electron chi connectivity index (χ3n) is 7.50. The van der Waals surface area contributed by atoms with Crippen molar-refractivity contribution in [1.29, 1.82) is 0 Å². The quantitative estimate of drug-likeness (QED) is 0.0812. The lowest BCUT2D eigenvalue weighted by Crippen LogP contribution is -2.64. The third kappa shape index (κ3) is 9.88. The van der Waals surface area contributed by atoms with Gasteiger partial charge < -0.3 is 25.8 Å². The van der Waals surface area contributed by atoms with E-state index in [2.05, 4.69) is 10.6 Å². The highest BCUT2D eigenvalue weighted by molar-refractivity contribution is 7.98. The van der Waals surface area contributed by atoms with Gasteiger partial charge in [-0.2, -0.15) is 0 Å². The summed E-state index contributed by atoms with van der Waals surface area (Å²) >= 11 is 7.83. The van der Waals surface area contributed by atoms with Gasteiger partial charge in [-0.05, 0) is 49.3 Å². The number of carbonyl (C=O) groups excluding carboxylic acids is 5. The smallest absolute Gasteiger partial charge is 0.325 e. The highest BCUT2D eigenvalue weighted by Gasteiger charge is 2.46. The molecule has 0 spiro atoms. The van der Waals surface area contributed by atoms with Crippen molar-refractivity contribution in [3.63, 3.8) is 0 Å². The fourth-order valence-electron chi connectivity index (χ4n) is 5.13. The first-order valence-corrected chi connectivity index (χ1v) is 16.3. The summed E-state index contributed by atoms with van der Waals surface area (Å²) in [6.07, 6.45) is 6.46. The van der Waals surface area contributed by atoms with E-state index in [9.17, 15) is 24.0 Å². The van der Waals surface area contributed by atoms with Gasteiger partial charge in [0.1, 0.15) is 12.6 Å². The van der Waals surface area contributed by atoms with Crippen LogP contribution < -0.4 is 16.4 Å². The van der Waals surface area contributed by atoms with Crippen LogP contribution in [0.2, 0.25) is 5.02 Å². The van der Waals surface area contributed by atoms with Crippen molar-refractivity contribution in [1.82, 2.24) is 10.6 Å². The Hall–Kier alpha value is -3.25. The number of esters is 1. The van der Waals surface area contributed by atoms with E-state index in [1.165, 1.54) is 11.8 Å². The molecule has 1 saturated carbocycles. The van der Waals surface area contributed by atoms with Crippen molar-refractivity contribution in [2.75, 3.05) is 26.0 Å². The van der Waals surface area contributed by atoms with Crippen LogP contribution in [0.4, 0.5) is 0 Å². The van der Waals surface area contributed by atoms with Crippen molar-refractivity contribution < 1.29 is 33.4 Å². The molecule has 238 valence electrons. The predicted octanol–water partition coefficient (Wildman–Crippen LogP) is 3.86. The summed E-state index contributed by atoms with van der Waals surface area (Å²) in [4.78, 5) is 66.6. The Morgan fingerprint density at radius 3 is 2.43 bits per heavy atom. The lowest BCUT2D eigenvalue weighted by atomic mass is 9.76.